The van der Waals surface area contributed by atoms with Crippen LogP contribution in [0.2, 0.25) is 0 Å². The first-order valence-corrected chi connectivity index (χ1v) is 6.78. The van der Waals surface area contributed by atoms with Crippen molar-refractivity contribution in [2.75, 3.05) is 0 Å². The van der Waals surface area contributed by atoms with Crippen molar-refractivity contribution >= 4 is 0 Å². The highest BCUT2D eigenvalue weighted by Gasteiger charge is 2.00. The fourth-order valence-corrected chi connectivity index (χ4v) is 1.75. The lowest BCUT2D eigenvalue weighted by molar-refractivity contribution is 0.304. The average Bonchev–Trinajstić information content (AvgIpc) is 2.49. The van der Waals surface area contributed by atoms with E-state index in [1.165, 1.54) is 11.1 Å². The topological polar surface area (TPSA) is 29.5 Å². The quantitative estimate of drug-likeness (QED) is 0.871. The minimum atomic E-state index is 0.256. The third-order valence-electron chi connectivity index (χ3n) is 2.73. The largest absolute Gasteiger partial charge is 0.508 e. The van der Waals surface area contributed by atoms with Crippen molar-refractivity contribution in [1.82, 2.24) is 0 Å². The third-order valence-corrected chi connectivity index (χ3v) is 2.73. The van der Waals surface area contributed by atoms with Crippen molar-refractivity contribution in [2.45, 2.75) is 33.8 Å². The highest BCUT2D eigenvalue weighted by molar-refractivity contribution is 5.31. The molecule has 0 spiro atoms. The molecule has 19 heavy (non-hydrogen) atoms. The third kappa shape index (κ3) is 4.66. The molecular formula is C17H22O2. The van der Waals surface area contributed by atoms with Gasteiger partial charge in [-0.1, -0.05) is 45.0 Å². The SMILES string of the molecule is CC.CCc1ccccc1COc1ccc(O)cc1. The van der Waals surface area contributed by atoms with Gasteiger partial charge in [-0.2, -0.15) is 0 Å². The van der Waals surface area contributed by atoms with E-state index < -0.39 is 0 Å². The van der Waals surface area contributed by atoms with Crippen molar-refractivity contribution < 1.29 is 9.84 Å². The van der Waals surface area contributed by atoms with Crippen LogP contribution in [-0.2, 0) is 13.0 Å². The summed E-state index contributed by atoms with van der Waals surface area (Å²) in [6, 6.07) is 15.1. The van der Waals surface area contributed by atoms with Crippen LogP contribution in [0.1, 0.15) is 31.9 Å². The molecule has 0 atom stereocenters. The number of rotatable bonds is 4. The minimum Gasteiger partial charge on any atom is -0.508 e. The van der Waals surface area contributed by atoms with Crippen molar-refractivity contribution in [2.24, 2.45) is 0 Å². The second kappa shape index (κ2) is 8.20. The summed E-state index contributed by atoms with van der Waals surface area (Å²) in [6.45, 7) is 6.70. The van der Waals surface area contributed by atoms with Crippen LogP contribution in [0.3, 0.4) is 0 Å². The number of benzene rings is 2. The van der Waals surface area contributed by atoms with Gasteiger partial charge in [-0.05, 0) is 41.8 Å². The number of ether oxygens (including phenoxy) is 1. The van der Waals surface area contributed by atoms with Crippen LogP contribution in [0.25, 0.3) is 0 Å². The van der Waals surface area contributed by atoms with Gasteiger partial charge in [0.25, 0.3) is 0 Å². The average molecular weight is 258 g/mol. The smallest absolute Gasteiger partial charge is 0.120 e. The molecule has 2 rings (SSSR count). The van der Waals surface area contributed by atoms with E-state index in [1.807, 2.05) is 26.0 Å². The van der Waals surface area contributed by atoms with Crippen LogP contribution in [0.15, 0.2) is 48.5 Å². The van der Waals surface area contributed by atoms with E-state index in [9.17, 15) is 0 Å². The van der Waals surface area contributed by atoms with E-state index >= 15 is 0 Å². The number of hydrogen-bond acceptors (Lipinski definition) is 2. The molecule has 0 aliphatic rings. The molecule has 2 nitrogen and oxygen atoms in total. The van der Waals surface area contributed by atoms with Crippen molar-refractivity contribution in [1.29, 1.82) is 0 Å². The van der Waals surface area contributed by atoms with Gasteiger partial charge in [-0.3, -0.25) is 0 Å². The Balaban J connectivity index is 0.000000861. The van der Waals surface area contributed by atoms with Gasteiger partial charge in [0.15, 0.2) is 0 Å². The van der Waals surface area contributed by atoms with Gasteiger partial charge in [-0.15, -0.1) is 0 Å². The van der Waals surface area contributed by atoms with E-state index in [-0.39, 0.29) is 5.75 Å². The first-order valence-electron chi connectivity index (χ1n) is 6.78. The number of aryl methyl sites for hydroxylation is 1. The van der Waals surface area contributed by atoms with Crippen LogP contribution in [-0.4, -0.2) is 5.11 Å². The molecule has 0 amide bonds. The van der Waals surface area contributed by atoms with Crippen LogP contribution in [0, 0.1) is 0 Å². The first kappa shape index (κ1) is 15.1. The summed E-state index contributed by atoms with van der Waals surface area (Å²) in [5.74, 6) is 1.03. The number of hydrogen-bond donors (Lipinski definition) is 1. The molecular weight excluding hydrogens is 236 g/mol. The molecule has 0 aromatic heterocycles. The second-order valence-electron chi connectivity index (χ2n) is 3.90. The summed E-state index contributed by atoms with van der Waals surface area (Å²) < 4.78 is 5.68. The molecule has 0 aliphatic heterocycles. The molecule has 2 heteroatoms. The number of aromatic hydroxyl groups is 1. The Morgan fingerprint density at radius 3 is 2.05 bits per heavy atom. The Hall–Kier alpha value is -1.96. The fraction of sp³-hybridized carbons (Fsp3) is 0.294. The van der Waals surface area contributed by atoms with E-state index in [2.05, 4.69) is 19.1 Å². The molecule has 0 saturated heterocycles. The lowest BCUT2D eigenvalue weighted by atomic mass is 10.1. The predicted octanol–water partition coefficient (Wildman–Crippen LogP) is 4.56. The Morgan fingerprint density at radius 1 is 0.895 bits per heavy atom. The predicted molar refractivity (Wildman–Crippen MR) is 79.6 cm³/mol. The second-order valence-corrected chi connectivity index (χ2v) is 3.90. The van der Waals surface area contributed by atoms with E-state index in [1.54, 1.807) is 24.3 Å². The molecule has 0 unspecified atom stereocenters. The van der Waals surface area contributed by atoms with E-state index in [0.717, 1.165) is 12.2 Å². The van der Waals surface area contributed by atoms with Gasteiger partial charge in [0.1, 0.15) is 18.1 Å². The van der Waals surface area contributed by atoms with Crippen LogP contribution >= 0.6 is 0 Å². The molecule has 0 radical (unpaired) electrons. The molecule has 0 heterocycles. The summed E-state index contributed by atoms with van der Waals surface area (Å²) in [6.07, 6.45) is 1.01. The summed E-state index contributed by atoms with van der Waals surface area (Å²) >= 11 is 0. The van der Waals surface area contributed by atoms with Crippen molar-refractivity contribution in [3.05, 3.63) is 59.7 Å². The van der Waals surface area contributed by atoms with Crippen LogP contribution < -0.4 is 4.74 Å². The summed E-state index contributed by atoms with van der Waals surface area (Å²) in [5.41, 5.74) is 2.52. The van der Waals surface area contributed by atoms with Gasteiger partial charge in [0.05, 0.1) is 0 Å². The zero-order chi connectivity index (χ0) is 14.1. The van der Waals surface area contributed by atoms with Gasteiger partial charge < -0.3 is 9.84 Å². The van der Waals surface area contributed by atoms with Crippen molar-refractivity contribution in [3.8, 4) is 11.5 Å². The van der Waals surface area contributed by atoms with Gasteiger partial charge >= 0.3 is 0 Å². The molecule has 0 aliphatic carbocycles. The van der Waals surface area contributed by atoms with Crippen LogP contribution in [0.5, 0.6) is 11.5 Å². The van der Waals surface area contributed by atoms with Gasteiger partial charge in [0, 0.05) is 0 Å². The zero-order valence-corrected chi connectivity index (χ0v) is 11.9. The molecule has 0 saturated carbocycles. The lowest BCUT2D eigenvalue weighted by Crippen LogP contribution is -1.99. The van der Waals surface area contributed by atoms with E-state index in [0.29, 0.717) is 6.61 Å². The molecule has 0 fully saturated rings. The Bertz CT molecular complexity index is 475. The highest BCUT2D eigenvalue weighted by Crippen LogP contribution is 2.18. The monoisotopic (exact) mass is 258 g/mol. The maximum absolute atomic E-state index is 9.17. The minimum absolute atomic E-state index is 0.256. The molecule has 0 bridgehead atoms. The lowest BCUT2D eigenvalue weighted by Gasteiger charge is -2.09. The zero-order valence-electron chi connectivity index (χ0n) is 11.9. The van der Waals surface area contributed by atoms with Gasteiger partial charge in [-0.25, -0.2) is 0 Å². The summed E-state index contributed by atoms with van der Waals surface area (Å²) in [7, 11) is 0. The Morgan fingerprint density at radius 2 is 1.47 bits per heavy atom. The molecule has 1 N–H and O–H groups in total. The first-order chi connectivity index (χ1) is 9.29. The normalized spacial score (nSPS) is 9.42. The van der Waals surface area contributed by atoms with E-state index in [4.69, 9.17) is 9.84 Å². The number of phenols is 1. The summed E-state index contributed by atoms with van der Waals surface area (Å²) in [4.78, 5) is 0. The Labute approximate surface area is 115 Å². The fourth-order valence-electron chi connectivity index (χ4n) is 1.75. The highest BCUT2D eigenvalue weighted by atomic mass is 16.5. The molecule has 2 aromatic carbocycles. The van der Waals surface area contributed by atoms with Crippen LogP contribution in [0.4, 0.5) is 0 Å². The van der Waals surface area contributed by atoms with Crippen molar-refractivity contribution in [3.63, 3.8) is 0 Å². The maximum atomic E-state index is 9.17. The standard InChI is InChI=1S/C15H16O2.C2H6/c1-2-12-5-3-4-6-13(12)11-17-15-9-7-14(16)8-10-15;1-2/h3-10,16H,2,11H2,1H3;1-2H3. The summed E-state index contributed by atoms with van der Waals surface area (Å²) in [5, 5.41) is 9.17. The molecule has 102 valence electrons. The Kier molecular flexibility index (Phi) is 6.51. The maximum Gasteiger partial charge on any atom is 0.120 e. The number of phenolic OH excluding ortho intramolecular Hbond substituents is 1. The van der Waals surface area contributed by atoms with Gasteiger partial charge in [0.2, 0.25) is 0 Å². The molecule has 2 aromatic rings.